The molecule has 0 aromatic rings. The highest BCUT2D eigenvalue weighted by molar-refractivity contribution is 5.87. The fourth-order valence-corrected chi connectivity index (χ4v) is 4.78. The minimum absolute atomic E-state index is 0.0340. The van der Waals surface area contributed by atoms with Gasteiger partial charge in [-0.25, -0.2) is 0 Å². The molecular weight excluding hydrogens is 620 g/mol. The zero-order valence-corrected chi connectivity index (χ0v) is 25.9. The third kappa shape index (κ3) is 12.9. The van der Waals surface area contributed by atoms with Crippen LogP contribution in [-0.4, -0.2) is 172 Å². The molecule has 2 heterocycles. The quantitative estimate of drug-likeness (QED) is 0.0513. The van der Waals surface area contributed by atoms with E-state index in [9.17, 15) is 55.2 Å². The first-order valence-electron chi connectivity index (χ1n) is 15.4. The molecule has 0 aliphatic carbocycles. The summed E-state index contributed by atoms with van der Waals surface area (Å²) in [6.45, 7) is 0.234. The Bertz CT molecular complexity index is 911. The Morgan fingerprint density at radius 1 is 0.696 bits per heavy atom. The Morgan fingerprint density at radius 3 is 1.80 bits per heavy atom. The highest BCUT2D eigenvalue weighted by Crippen LogP contribution is 2.23. The molecule has 11 atom stereocenters. The summed E-state index contributed by atoms with van der Waals surface area (Å²) in [5.74, 6) is -0.920. The highest BCUT2D eigenvalue weighted by atomic mass is 16.7. The van der Waals surface area contributed by atoms with Crippen molar-refractivity contribution < 1.29 is 78.9 Å². The lowest BCUT2D eigenvalue weighted by atomic mass is 9.99. The number of hydrogen-bond donors (Lipinski definition) is 10. The summed E-state index contributed by atoms with van der Waals surface area (Å²) < 4.78 is 26.3. The van der Waals surface area contributed by atoms with E-state index >= 15 is 0 Å². The van der Waals surface area contributed by atoms with Gasteiger partial charge in [-0.1, -0.05) is 0 Å². The number of ether oxygens (including phenoxy) is 5. The lowest BCUT2D eigenvalue weighted by molar-refractivity contribution is -0.302. The van der Waals surface area contributed by atoms with Crippen LogP contribution in [0.4, 0.5) is 0 Å². The average Bonchev–Trinajstić information content (AvgIpc) is 3.03. The number of carbonyl (C=O) groups excluding carboxylic acids is 3. The number of aliphatic hydroxyl groups is 8. The van der Waals surface area contributed by atoms with Gasteiger partial charge in [-0.05, 0) is 39.0 Å². The second-order valence-electron chi connectivity index (χ2n) is 11.2. The molecule has 0 bridgehead atoms. The molecule has 11 unspecified atom stereocenters. The maximum Gasteiger partial charge on any atom is 0.245 e. The topological polar surface area (TPSA) is 283 Å². The Balaban J connectivity index is 1.52. The lowest BCUT2D eigenvalue weighted by Gasteiger charge is -2.39. The molecule has 18 nitrogen and oxygen atoms in total. The van der Waals surface area contributed by atoms with Crippen molar-refractivity contribution in [2.24, 2.45) is 0 Å². The van der Waals surface area contributed by atoms with Gasteiger partial charge in [-0.3, -0.25) is 14.4 Å². The number of rotatable bonds is 21. The Morgan fingerprint density at radius 2 is 1.26 bits per heavy atom. The second kappa shape index (κ2) is 21.1. The first-order valence-corrected chi connectivity index (χ1v) is 15.4. The zero-order chi connectivity index (χ0) is 34.2. The number of amides is 2. The molecule has 0 spiro atoms. The van der Waals surface area contributed by atoms with Crippen LogP contribution in [-0.2, 0) is 38.1 Å². The predicted octanol–water partition coefficient (Wildman–Crippen LogP) is -4.83. The predicted molar refractivity (Wildman–Crippen MR) is 154 cm³/mol. The molecule has 10 N–H and O–H groups in total. The van der Waals surface area contributed by atoms with Crippen molar-refractivity contribution in [3.63, 3.8) is 0 Å². The molecule has 2 saturated heterocycles. The molecule has 268 valence electrons. The van der Waals surface area contributed by atoms with Gasteiger partial charge in [0.25, 0.3) is 0 Å². The number of unbranched alkanes of at least 4 members (excludes halogenated alkanes) is 2. The summed E-state index contributed by atoms with van der Waals surface area (Å²) in [5.41, 5.74) is 0. The highest BCUT2D eigenvalue weighted by Gasteiger charge is 2.45. The van der Waals surface area contributed by atoms with Crippen LogP contribution in [0.15, 0.2) is 0 Å². The monoisotopic (exact) mass is 670 g/mol. The van der Waals surface area contributed by atoms with Crippen LogP contribution in [0, 0.1) is 0 Å². The molecule has 2 fully saturated rings. The van der Waals surface area contributed by atoms with E-state index in [2.05, 4.69) is 10.6 Å². The maximum atomic E-state index is 12.3. The van der Waals surface area contributed by atoms with Crippen LogP contribution >= 0.6 is 0 Å². The van der Waals surface area contributed by atoms with Crippen molar-refractivity contribution in [3.05, 3.63) is 0 Å². The van der Waals surface area contributed by atoms with E-state index in [1.807, 2.05) is 0 Å². The smallest absolute Gasteiger partial charge is 0.245 e. The van der Waals surface area contributed by atoms with E-state index in [0.717, 1.165) is 0 Å². The van der Waals surface area contributed by atoms with E-state index in [4.69, 9.17) is 23.7 Å². The van der Waals surface area contributed by atoms with Crippen LogP contribution in [0.5, 0.6) is 0 Å². The van der Waals surface area contributed by atoms with Crippen LogP contribution in [0.1, 0.15) is 45.4 Å². The Hall–Kier alpha value is -1.91. The Labute approximate surface area is 266 Å². The molecule has 0 aromatic carbocycles. The van der Waals surface area contributed by atoms with Gasteiger partial charge in [0.1, 0.15) is 55.4 Å². The zero-order valence-electron chi connectivity index (χ0n) is 25.9. The third-order valence-electron chi connectivity index (χ3n) is 7.59. The molecule has 0 aromatic heterocycles. The van der Waals surface area contributed by atoms with Crippen molar-refractivity contribution in [2.75, 3.05) is 46.2 Å². The summed E-state index contributed by atoms with van der Waals surface area (Å²) in [7, 11) is 0. The molecule has 2 aliphatic rings. The van der Waals surface area contributed by atoms with Gasteiger partial charge < -0.3 is 75.2 Å². The standard InChI is InChI=1S/C28H50N2O16/c1-15(33)16(30-19(34)7-3-5-9-43-27-25(40)23(38)21(36)17(12-31)45-27)6-2-4-8-29-20(35)14-42-10-11-44-28-26(41)24(39)22(37)18(13-32)46-28/h16-18,21-28,31-32,36-41H,2-14H2,1H3,(H,29,35)(H,30,34). The SMILES string of the molecule is CC(=O)C(CCCCNC(=O)COCCOC1OC(CO)C(O)C(O)C1O)NC(=O)CCCCOC1OC(CO)C(O)C(O)C1O. The molecule has 46 heavy (non-hydrogen) atoms. The van der Waals surface area contributed by atoms with Crippen molar-refractivity contribution in [2.45, 2.75) is 113 Å². The van der Waals surface area contributed by atoms with Crippen molar-refractivity contribution in [3.8, 4) is 0 Å². The second-order valence-corrected chi connectivity index (χ2v) is 11.2. The molecule has 0 radical (unpaired) electrons. The van der Waals surface area contributed by atoms with E-state index in [-0.39, 0.29) is 50.4 Å². The molecule has 2 aliphatic heterocycles. The number of hydrogen-bond acceptors (Lipinski definition) is 16. The van der Waals surface area contributed by atoms with Crippen molar-refractivity contribution in [1.29, 1.82) is 0 Å². The fourth-order valence-electron chi connectivity index (χ4n) is 4.78. The minimum atomic E-state index is -1.56. The number of ketones is 1. The van der Waals surface area contributed by atoms with Gasteiger partial charge in [0, 0.05) is 19.6 Å². The fraction of sp³-hybridized carbons (Fsp3) is 0.893. The molecule has 18 heteroatoms. The van der Waals surface area contributed by atoms with Crippen LogP contribution < -0.4 is 10.6 Å². The number of aliphatic hydroxyl groups excluding tert-OH is 8. The summed E-state index contributed by atoms with van der Waals surface area (Å²) >= 11 is 0. The first kappa shape index (κ1) is 40.3. The summed E-state index contributed by atoms with van der Waals surface area (Å²) in [6, 6.07) is -0.680. The van der Waals surface area contributed by atoms with Gasteiger partial charge in [-0.15, -0.1) is 0 Å². The van der Waals surface area contributed by atoms with Gasteiger partial charge >= 0.3 is 0 Å². The summed E-state index contributed by atoms with van der Waals surface area (Å²) in [4.78, 5) is 36.3. The number of carbonyl (C=O) groups is 3. The first-order chi connectivity index (χ1) is 21.9. The maximum absolute atomic E-state index is 12.3. The van der Waals surface area contributed by atoms with E-state index in [1.165, 1.54) is 6.92 Å². The summed E-state index contributed by atoms with van der Waals surface area (Å²) in [6.07, 6.45) is -11.4. The number of Topliss-reactive ketones (excluding diaryl/α,β-unsaturated/α-hetero) is 1. The lowest BCUT2D eigenvalue weighted by Crippen LogP contribution is -2.59. The van der Waals surface area contributed by atoms with E-state index in [0.29, 0.717) is 38.6 Å². The molecule has 0 saturated carbocycles. The van der Waals surface area contributed by atoms with E-state index in [1.54, 1.807) is 0 Å². The van der Waals surface area contributed by atoms with Crippen LogP contribution in [0.25, 0.3) is 0 Å². The molecule has 2 amide bonds. The van der Waals surface area contributed by atoms with Crippen LogP contribution in [0.3, 0.4) is 0 Å². The van der Waals surface area contributed by atoms with E-state index < -0.39 is 80.7 Å². The van der Waals surface area contributed by atoms with Gasteiger partial charge in [0.05, 0.1) is 32.5 Å². The van der Waals surface area contributed by atoms with Crippen molar-refractivity contribution >= 4 is 17.6 Å². The minimum Gasteiger partial charge on any atom is -0.394 e. The molecule has 2 rings (SSSR count). The molecular formula is C28H50N2O16. The van der Waals surface area contributed by atoms with Gasteiger partial charge in [0.2, 0.25) is 11.8 Å². The Kier molecular flexibility index (Phi) is 18.5. The third-order valence-corrected chi connectivity index (χ3v) is 7.59. The number of nitrogens with one attached hydrogen (secondary N) is 2. The van der Waals surface area contributed by atoms with Crippen LogP contribution in [0.2, 0.25) is 0 Å². The van der Waals surface area contributed by atoms with Gasteiger partial charge in [0.15, 0.2) is 18.4 Å². The average molecular weight is 671 g/mol. The summed E-state index contributed by atoms with van der Waals surface area (Å²) in [5, 5.41) is 82.8. The largest absolute Gasteiger partial charge is 0.394 e. The van der Waals surface area contributed by atoms with Crippen molar-refractivity contribution in [1.82, 2.24) is 10.6 Å². The van der Waals surface area contributed by atoms with Gasteiger partial charge in [-0.2, -0.15) is 0 Å². The normalized spacial score (nSPS) is 32.1.